The summed E-state index contributed by atoms with van der Waals surface area (Å²) in [5, 5.41) is 6.33. The van der Waals surface area contributed by atoms with Crippen LogP contribution in [0.2, 0.25) is 0 Å². The van der Waals surface area contributed by atoms with Crippen molar-refractivity contribution < 1.29 is 28.3 Å². The Balaban J connectivity index is 1.76. The van der Waals surface area contributed by atoms with Crippen molar-refractivity contribution in [3.05, 3.63) is 30.2 Å². The van der Waals surface area contributed by atoms with E-state index in [0.29, 0.717) is 11.6 Å². The number of rotatable bonds is 7. The van der Waals surface area contributed by atoms with Crippen LogP contribution in [0.3, 0.4) is 0 Å². The van der Waals surface area contributed by atoms with E-state index in [1.165, 1.54) is 0 Å². The number of benzene rings is 1. The summed E-state index contributed by atoms with van der Waals surface area (Å²) in [5.41, 5.74) is 0.125. The number of carbonyl (C=O) groups is 2. The summed E-state index contributed by atoms with van der Waals surface area (Å²) in [6, 6.07) is 7.19. The van der Waals surface area contributed by atoms with E-state index in [4.69, 9.17) is 18.7 Å². The van der Waals surface area contributed by atoms with Gasteiger partial charge in [0.25, 0.3) is 5.89 Å². The number of aromatic nitrogens is 2. The summed E-state index contributed by atoms with van der Waals surface area (Å²) in [4.78, 5) is 27.4. The first-order chi connectivity index (χ1) is 12.8. The van der Waals surface area contributed by atoms with Crippen LogP contribution in [0.5, 0.6) is 5.75 Å². The minimum atomic E-state index is -0.594. The Morgan fingerprint density at radius 3 is 2.74 bits per heavy atom. The van der Waals surface area contributed by atoms with Crippen LogP contribution in [-0.4, -0.2) is 41.5 Å². The van der Waals surface area contributed by atoms with E-state index < -0.39 is 17.7 Å². The van der Waals surface area contributed by atoms with Crippen molar-refractivity contribution in [2.75, 3.05) is 13.7 Å². The predicted molar refractivity (Wildman–Crippen MR) is 94.9 cm³/mol. The molecule has 146 valence electrons. The van der Waals surface area contributed by atoms with E-state index in [9.17, 15) is 9.59 Å². The molecule has 0 saturated heterocycles. The molecule has 0 aliphatic heterocycles. The van der Waals surface area contributed by atoms with Gasteiger partial charge in [0, 0.05) is 12.1 Å². The average Bonchev–Trinajstić information content (AvgIpc) is 3.07. The number of methoxy groups -OCH3 is 1. The van der Waals surface area contributed by atoms with Crippen molar-refractivity contribution in [2.24, 2.45) is 0 Å². The minimum Gasteiger partial charge on any atom is -0.497 e. The van der Waals surface area contributed by atoms with Gasteiger partial charge in [-0.2, -0.15) is 4.98 Å². The summed E-state index contributed by atoms with van der Waals surface area (Å²) in [7, 11) is 1.57. The second kappa shape index (κ2) is 9.02. The number of nitrogens with zero attached hydrogens (tertiary/aromatic N) is 2. The quantitative estimate of drug-likeness (QED) is 0.733. The third-order valence-electron chi connectivity index (χ3n) is 3.15. The molecule has 0 unspecified atom stereocenters. The number of hydrogen-bond donors (Lipinski definition) is 1. The van der Waals surface area contributed by atoms with Gasteiger partial charge in [-0.1, -0.05) is 17.3 Å². The number of ether oxygens (including phenoxy) is 3. The first-order valence-electron chi connectivity index (χ1n) is 8.36. The van der Waals surface area contributed by atoms with E-state index in [0.717, 1.165) is 5.56 Å². The van der Waals surface area contributed by atoms with Crippen LogP contribution < -0.4 is 10.1 Å². The molecule has 0 atom stereocenters. The molecular formula is C18H23N3O6. The van der Waals surface area contributed by atoms with E-state index in [1.54, 1.807) is 40.0 Å². The lowest BCUT2D eigenvalue weighted by molar-refractivity contribution is -0.145. The van der Waals surface area contributed by atoms with Gasteiger partial charge < -0.3 is 24.1 Å². The lowest BCUT2D eigenvalue weighted by Crippen LogP contribution is -2.33. The zero-order chi connectivity index (χ0) is 19.9. The van der Waals surface area contributed by atoms with Crippen molar-refractivity contribution in [3.63, 3.8) is 0 Å². The second-order valence-electron chi connectivity index (χ2n) is 6.58. The highest BCUT2D eigenvalue weighted by molar-refractivity contribution is 5.72. The molecule has 1 heterocycles. The largest absolute Gasteiger partial charge is 0.497 e. The molecule has 27 heavy (non-hydrogen) atoms. The van der Waals surface area contributed by atoms with Gasteiger partial charge in [0.1, 0.15) is 11.4 Å². The summed E-state index contributed by atoms with van der Waals surface area (Å²) in [6.07, 6.45) is -0.592. The topological polar surface area (TPSA) is 113 Å². The Kier molecular flexibility index (Phi) is 6.75. The van der Waals surface area contributed by atoms with Crippen molar-refractivity contribution in [1.82, 2.24) is 15.5 Å². The zero-order valence-electron chi connectivity index (χ0n) is 15.8. The van der Waals surface area contributed by atoms with E-state index in [2.05, 4.69) is 15.5 Å². The van der Waals surface area contributed by atoms with Gasteiger partial charge in [-0.05, 0) is 32.9 Å². The highest BCUT2D eigenvalue weighted by atomic mass is 16.6. The molecule has 0 spiro atoms. The summed E-state index contributed by atoms with van der Waals surface area (Å²) in [5.74, 6) is 0.697. The smallest absolute Gasteiger partial charge is 0.407 e. The highest BCUT2D eigenvalue weighted by Gasteiger charge is 2.16. The number of carbonyl (C=O) groups excluding carboxylic acids is 2. The molecule has 0 aliphatic carbocycles. The molecule has 1 amide bonds. The van der Waals surface area contributed by atoms with Crippen molar-refractivity contribution >= 4 is 12.1 Å². The second-order valence-corrected chi connectivity index (χ2v) is 6.58. The van der Waals surface area contributed by atoms with Crippen LogP contribution in [0.1, 0.15) is 33.1 Å². The number of hydrogen-bond acceptors (Lipinski definition) is 8. The fourth-order valence-electron chi connectivity index (χ4n) is 1.99. The fourth-order valence-corrected chi connectivity index (χ4v) is 1.99. The Bertz CT molecular complexity index is 781. The molecule has 0 bridgehead atoms. The lowest BCUT2D eigenvalue weighted by Gasteiger charge is -2.19. The van der Waals surface area contributed by atoms with Gasteiger partial charge in [0.2, 0.25) is 5.82 Å². The molecule has 0 radical (unpaired) electrons. The molecule has 9 nitrogen and oxygen atoms in total. The number of alkyl carbamates (subject to hydrolysis) is 1. The lowest BCUT2D eigenvalue weighted by atomic mass is 10.2. The highest BCUT2D eigenvalue weighted by Crippen LogP contribution is 2.21. The number of esters is 1. The maximum absolute atomic E-state index is 11.7. The standard InChI is InChI=1S/C18H23N3O6/c1-18(2,3)26-17(23)19-9-8-15(22)25-11-14-20-16(21-27-14)12-6-5-7-13(10-12)24-4/h5-7,10H,8-9,11H2,1-4H3,(H,19,23). The molecule has 0 aliphatic rings. The Morgan fingerprint density at radius 2 is 2.04 bits per heavy atom. The predicted octanol–water partition coefficient (Wildman–Crippen LogP) is 2.70. The Hall–Kier alpha value is -3.10. The summed E-state index contributed by atoms with van der Waals surface area (Å²) in [6.45, 7) is 5.22. The van der Waals surface area contributed by atoms with Gasteiger partial charge in [-0.25, -0.2) is 4.79 Å². The normalized spacial score (nSPS) is 11.0. The third kappa shape index (κ3) is 6.96. The monoisotopic (exact) mass is 377 g/mol. The van der Waals surface area contributed by atoms with E-state index >= 15 is 0 Å². The number of amides is 1. The Morgan fingerprint density at radius 1 is 1.26 bits per heavy atom. The molecular weight excluding hydrogens is 354 g/mol. The maximum atomic E-state index is 11.7. The molecule has 2 rings (SSSR count). The molecule has 0 fully saturated rings. The summed E-state index contributed by atoms with van der Waals surface area (Å²) >= 11 is 0. The van der Waals surface area contributed by atoms with Crippen molar-refractivity contribution in [1.29, 1.82) is 0 Å². The minimum absolute atomic E-state index is 0.00385. The fraction of sp³-hybridized carbons (Fsp3) is 0.444. The van der Waals surface area contributed by atoms with E-state index in [-0.39, 0.29) is 25.5 Å². The van der Waals surface area contributed by atoms with Crippen LogP contribution >= 0.6 is 0 Å². The molecule has 0 saturated carbocycles. The molecule has 1 aromatic heterocycles. The van der Waals surface area contributed by atoms with Gasteiger partial charge in [0.15, 0.2) is 6.61 Å². The number of nitrogens with one attached hydrogen (secondary N) is 1. The van der Waals surface area contributed by atoms with Crippen LogP contribution in [0.4, 0.5) is 4.79 Å². The van der Waals surface area contributed by atoms with Gasteiger partial charge in [-0.3, -0.25) is 4.79 Å². The average molecular weight is 377 g/mol. The molecule has 9 heteroatoms. The third-order valence-corrected chi connectivity index (χ3v) is 3.15. The summed E-state index contributed by atoms with van der Waals surface area (Å²) < 4.78 is 20.3. The molecule has 1 N–H and O–H groups in total. The zero-order valence-corrected chi connectivity index (χ0v) is 15.8. The van der Waals surface area contributed by atoms with Crippen LogP contribution in [-0.2, 0) is 20.9 Å². The van der Waals surface area contributed by atoms with Crippen molar-refractivity contribution in [2.45, 2.75) is 39.4 Å². The molecule has 1 aromatic carbocycles. The first-order valence-corrected chi connectivity index (χ1v) is 8.36. The Labute approximate surface area is 157 Å². The van der Waals surface area contributed by atoms with Crippen LogP contribution in [0.15, 0.2) is 28.8 Å². The van der Waals surface area contributed by atoms with Crippen molar-refractivity contribution in [3.8, 4) is 17.1 Å². The van der Waals surface area contributed by atoms with Crippen LogP contribution in [0.25, 0.3) is 11.4 Å². The molecule has 2 aromatic rings. The SMILES string of the molecule is COc1cccc(-c2noc(COC(=O)CCNC(=O)OC(C)(C)C)n2)c1. The maximum Gasteiger partial charge on any atom is 0.407 e. The van der Waals surface area contributed by atoms with Crippen LogP contribution in [0, 0.1) is 0 Å². The van der Waals surface area contributed by atoms with Gasteiger partial charge in [0.05, 0.1) is 13.5 Å². The van der Waals surface area contributed by atoms with Gasteiger partial charge in [-0.15, -0.1) is 0 Å². The van der Waals surface area contributed by atoms with E-state index in [1.807, 2.05) is 12.1 Å². The van der Waals surface area contributed by atoms with Gasteiger partial charge >= 0.3 is 12.1 Å². The first kappa shape index (κ1) is 20.2.